The Hall–Kier alpha value is -2.80. The van der Waals surface area contributed by atoms with Gasteiger partial charge in [0.1, 0.15) is 11.5 Å². The standard InChI is InChI=1S/C21H27N3O4/c1-4-27-19-13-18(24-8-10-26-11-9-24)20(28-5-2)12-17(19)23-21(25)16-7-6-15(3)22-14-16/h6-7,12-14H,4-5,8-11H2,1-3H3,(H,23,25). The van der Waals surface area contributed by atoms with E-state index in [0.29, 0.717) is 49.2 Å². The summed E-state index contributed by atoms with van der Waals surface area (Å²) in [6.07, 6.45) is 1.57. The molecular weight excluding hydrogens is 358 g/mol. The van der Waals surface area contributed by atoms with Crippen LogP contribution in [0, 0.1) is 6.92 Å². The Balaban J connectivity index is 1.93. The van der Waals surface area contributed by atoms with Crippen LogP contribution in [0.25, 0.3) is 0 Å². The van der Waals surface area contributed by atoms with Crippen LogP contribution >= 0.6 is 0 Å². The number of hydrogen-bond donors (Lipinski definition) is 1. The monoisotopic (exact) mass is 385 g/mol. The number of amides is 1. The van der Waals surface area contributed by atoms with Gasteiger partial charge in [-0.05, 0) is 32.9 Å². The fourth-order valence-electron chi connectivity index (χ4n) is 3.04. The molecule has 1 saturated heterocycles. The predicted molar refractivity (Wildman–Crippen MR) is 109 cm³/mol. The highest BCUT2D eigenvalue weighted by Gasteiger charge is 2.20. The van der Waals surface area contributed by atoms with Gasteiger partial charge >= 0.3 is 0 Å². The van der Waals surface area contributed by atoms with E-state index in [-0.39, 0.29) is 5.91 Å². The number of carbonyl (C=O) groups excluding carboxylic acids is 1. The van der Waals surface area contributed by atoms with E-state index in [1.165, 1.54) is 0 Å². The van der Waals surface area contributed by atoms with Crippen molar-refractivity contribution in [2.45, 2.75) is 20.8 Å². The van der Waals surface area contributed by atoms with E-state index in [2.05, 4.69) is 15.2 Å². The topological polar surface area (TPSA) is 72.9 Å². The largest absolute Gasteiger partial charge is 0.492 e. The molecule has 0 aliphatic carbocycles. The zero-order valence-corrected chi connectivity index (χ0v) is 16.7. The van der Waals surface area contributed by atoms with E-state index >= 15 is 0 Å². The number of nitrogens with zero attached hydrogens (tertiary/aromatic N) is 2. The van der Waals surface area contributed by atoms with Gasteiger partial charge in [-0.15, -0.1) is 0 Å². The number of morpholine rings is 1. The van der Waals surface area contributed by atoms with Crippen molar-refractivity contribution in [3.63, 3.8) is 0 Å². The van der Waals surface area contributed by atoms with Gasteiger partial charge in [0.05, 0.1) is 43.4 Å². The van der Waals surface area contributed by atoms with Gasteiger partial charge in [0.15, 0.2) is 0 Å². The lowest BCUT2D eigenvalue weighted by molar-refractivity contribution is 0.102. The van der Waals surface area contributed by atoms with Crippen LogP contribution in [0.4, 0.5) is 11.4 Å². The minimum Gasteiger partial charge on any atom is -0.492 e. The molecule has 28 heavy (non-hydrogen) atoms. The van der Waals surface area contributed by atoms with Crippen molar-refractivity contribution in [1.29, 1.82) is 0 Å². The first-order valence-electron chi connectivity index (χ1n) is 9.62. The maximum Gasteiger partial charge on any atom is 0.257 e. The molecule has 0 spiro atoms. The van der Waals surface area contributed by atoms with Gasteiger partial charge < -0.3 is 24.4 Å². The second-order valence-corrected chi connectivity index (χ2v) is 6.42. The van der Waals surface area contributed by atoms with Gasteiger partial charge in [0.2, 0.25) is 0 Å². The maximum atomic E-state index is 12.7. The van der Waals surface area contributed by atoms with Gasteiger partial charge in [-0.3, -0.25) is 9.78 Å². The summed E-state index contributed by atoms with van der Waals surface area (Å²) in [5, 5.41) is 2.93. The average Bonchev–Trinajstić information content (AvgIpc) is 2.71. The Bertz CT molecular complexity index is 802. The van der Waals surface area contributed by atoms with Crippen molar-refractivity contribution < 1.29 is 19.0 Å². The second-order valence-electron chi connectivity index (χ2n) is 6.42. The van der Waals surface area contributed by atoms with Gasteiger partial charge in [-0.1, -0.05) is 0 Å². The van der Waals surface area contributed by atoms with Crippen LogP contribution in [0.1, 0.15) is 29.9 Å². The maximum absolute atomic E-state index is 12.7. The first-order chi connectivity index (χ1) is 13.6. The summed E-state index contributed by atoms with van der Waals surface area (Å²) in [5.74, 6) is 1.08. The molecule has 1 N–H and O–H groups in total. The van der Waals surface area contributed by atoms with E-state index in [1.807, 2.05) is 39.0 Å². The third kappa shape index (κ3) is 4.72. The Kier molecular flexibility index (Phi) is 6.71. The van der Waals surface area contributed by atoms with Crippen molar-refractivity contribution >= 4 is 17.3 Å². The van der Waals surface area contributed by atoms with E-state index < -0.39 is 0 Å². The molecule has 150 valence electrons. The molecular formula is C21H27N3O4. The van der Waals surface area contributed by atoms with Crippen LogP contribution in [-0.4, -0.2) is 50.4 Å². The molecule has 0 saturated carbocycles. The lowest BCUT2D eigenvalue weighted by Crippen LogP contribution is -2.36. The normalized spacial score (nSPS) is 13.9. The highest BCUT2D eigenvalue weighted by Crippen LogP contribution is 2.39. The average molecular weight is 385 g/mol. The summed E-state index contributed by atoms with van der Waals surface area (Å²) < 4.78 is 17.1. The van der Waals surface area contributed by atoms with Crippen molar-refractivity contribution in [3.05, 3.63) is 41.7 Å². The predicted octanol–water partition coefficient (Wildman–Crippen LogP) is 3.28. The Morgan fingerprint density at radius 3 is 2.50 bits per heavy atom. The smallest absolute Gasteiger partial charge is 0.257 e. The number of benzene rings is 1. The van der Waals surface area contributed by atoms with Gasteiger partial charge in [0.25, 0.3) is 5.91 Å². The molecule has 7 nitrogen and oxygen atoms in total. The minimum atomic E-state index is -0.241. The molecule has 1 aliphatic heterocycles. The third-order valence-corrected chi connectivity index (χ3v) is 4.43. The molecule has 2 heterocycles. The van der Waals surface area contributed by atoms with Crippen LogP contribution in [0.5, 0.6) is 11.5 Å². The SMILES string of the molecule is CCOc1cc(N2CCOCC2)c(OCC)cc1NC(=O)c1ccc(C)nc1. The van der Waals surface area contributed by atoms with Crippen LogP contribution < -0.4 is 19.7 Å². The molecule has 1 fully saturated rings. The second kappa shape index (κ2) is 9.41. The first kappa shape index (κ1) is 19.9. The molecule has 0 unspecified atom stereocenters. The fraction of sp³-hybridized carbons (Fsp3) is 0.429. The lowest BCUT2D eigenvalue weighted by atomic mass is 10.2. The summed E-state index contributed by atoms with van der Waals surface area (Å²) in [5.41, 5.74) is 2.87. The van der Waals surface area contributed by atoms with Crippen LogP contribution in [0.3, 0.4) is 0 Å². The Labute approximate surface area is 165 Å². The van der Waals surface area contributed by atoms with Gasteiger partial charge in [0, 0.05) is 37.1 Å². The van der Waals surface area contributed by atoms with Crippen LogP contribution in [0.15, 0.2) is 30.5 Å². The molecule has 0 radical (unpaired) electrons. The number of pyridine rings is 1. The number of rotatable bonds is 7. The highest BCUT2D eigenvalue weighted by atomic mass is 16.5. The number of ether oxygens (including phenoxy) is 3. The summed E-state index contributed by atoms with van der Waals surface area (Å²) in [6, 6.07) is 7.33. The molecule has 7 heteroatoms. The molecule has 1 amide bonds. The quantitative estimate of drug-likeness (QED) is 0.789. The number of nitrogens with one attached hydrogen (secondary N) is 1. The summed E-state index contributed by atoms with van der Waals surface area (Å²) in [7, 11) is 0. The summed E-state index contributed by atoms with van der Waals surface area (Å²) >= 11 is 0. The molecule has 0 bridgehead atoms. The van der Waals surface area contributed by atoms with E-state index in [0.717, 1.165) is 24.5 Å². The van der Waals surface area contributed by atoms with E-state index in [1.54, 1.807) is 12.3 Å². The van der Waals surface area contributed by atoms with Gasteiger partial charge in [-0.25, -0.2) is 0 Å². The molecule has 1 aromatic heterocycles. The number of aromatic nitrogens is 1. The van der Waals surface area contributed by atoms with Crippen LogP contribution in [-0.2, 0) is 4.74 Å². The number of aryl methyl sites for hydroxylation is 1. The zero-order chi connectivity index (χ0) is 19.9. The lowest BCUT2D eigenvalue weighted by Gasteiger charge is -2.31. The number of hydrogen-bond acceptors (Lipinski definition) is 6. The third-order valence-electron chi connectivity index (χ3n) is 4.43. The zero-order valence-electron chi connectivity index (χ0n) is 16.7. The summed E-state index contributed by atoms with van der Waals surface area (Å²) in [6.45, 7) is 9.68. The van der Waals surface area contributed by atoms with Crippen molar-refractivity contribution in [3.8, 4) is 11.5 Å². The minimum absolute atomic E-state index is 0.241. The molecule has 1 aliphatic rings. The van der Waals surface area contributed by atoms with Crippen LogP contribution in [0.2, 0.25) is 0 Å². The van der Waals surface area contributed by atoms with Gasteiger partial charge in [-0.2, -0.15) is 0 Å². The highest BCUT2D eigenvalue weighted by molar-refractivity contribution is 6.05. The van der Waals surface area contributed by atoms with Crippen molar-refractivity contribution in [2.75, 3.05) is 49.7 Å². The van der Waals surface area contributed by atoms with Crippen molar-refractivity contribution in [2.24, 2.45) is 0 Å². The number of carbonyl (C=O) groups is 1. The fourth-order valence-corrected chi connectivity index (χ4v) is 3.04. The summed E-state index contributed by atoms with van der Waals surface area (Å²) in [4.78, 5) is 19.1. The molecule has 3 rings (SSSR count). The molecule has 0 atom stereocenters. The number of anilines is 2. The Morgan fingerprint density at radius 1 is 1.14 bits per heavy atom. The first-order valence-corrected chi connectivity index (χ1v) is 9.62. The molecule has 1 aromatic carbocycles. The molecule has 2 aromatic rings. The van der Waals surface area contributed by atoms with E-state index in [4.69, 9.17) is 14.2 Å². The van der Waals surface area contributed by atoms with E-state index in [9.17, 15) is 4.79 Å². The van der Waals surface area contributed by atoms with Crippen molar-refractivity contribution in [1.82, 2.24) is 4.98 Å². The Morgan fingerprint density at radius 2 is 1.86 bits per heavy atom.